The Morgan fingerprint density at radius 3 is 2.48 bits per heavy atom. The van der Waals surface area contributed by atoms with Gasteiger partial charge in [0.1, 0.15) is 5.82 Å². The lowest BCUT2D eigenvalue weighted by molar-refractivity contribution is 0.0745. The third-order valence-electron chi connectivity index (χ3n) is 4.41. The Bertz CT molecular complexity index is 813. The lowest BCUT2D eigenvalue weighted by atomic mass is 10.1. The summed E-state index contributed by atoms with van der Waals surface area (Å²) in [5, 5.41) is 0. The molecule has 0 saturated carbocycles. The Kier molecular flexibility index (Phi) is 4.56. The molecule has 0 unspecified atom stereocenters. The number of nitrogens with zero attached hydrogens (tertiary/aromatic N) is 3. The number of hydrogen-bond donors (Lipinski definition) is 2. The van der Waals surface area contributed by atoms with Crippen LogP contribution in [0.15, 0.2) is 36.5 Å². The molecule has 4 N–H and O–H groups in total. The number of aromatic nitrogens is 1. The lowest BCUT2D eigenvalue weighted by Gasteiger charge is -2.36. The molecule has 1 aromatic heterocycles. The van der Waals surface area contributed by atoms with Crippen molar-refractivity contribution in [3.8, 4) is 0 Å². The molecule has 7 heteroatoms. The molecular weight excluding hydrogens is 318 g/mol. The van der Waals surface area contributed by atoms with E-state index >= 15 is 0 Å². The smallest absolute Gasteiger partial charge is 0.254 e. The summed E-state index contributed by atoms with van der Waals surface area (Å²) in [5.74, 6) is 0.0415. The standard InChI is InChI=1S/C18H21N5O2/c1-12-4-5-13(19)11-15(12)18(25)23-9-7-22(8-10-23)17-14(16(20)24)3-2-6-21-17/h2-6,11H,7-10,19H2,1H3,(H2,20,24). The summed E-state index contributed by atoms with van der Waals surface area (Å²) >= 11 is 0. The first-order chi connectivity index (χ1) is 12.0. The number of nitrogen functional groups attached to an aromatic ring is 1. The van der Waals surface area contributed by atoms with Crippen LogP contribution in [-0.4, -0.2) is 47.9 Å². The quantitative estimate of drug-likeness (QED) is 0.813. The van der Waals surface area contributed by atoms with Crippen LogP contribution >= 0.6 is 0 Å². The van der Waals surface area contributed by atoms with E-state index in [0.717, 1.165) is 5.56 Å². The van der Waals surface area contributed by atoms with Crippen molar-refractivity contribution in [1.82, 2.24) is 9.88 Å². The molecule has 7 nitrogen and oxygen atoms in total. The molecule has 0 spiro atoms. The summed E-state index contributed by atoms with van der Waals surface area (Å²) in [7, 11) is 0. The maximum atomic E-state index is 12.8. The minimum absolute atomic E-state index is 0.0272. The van der Waals surface area contributed by atoms with Gasteiger partial charge in [0.2, 0.25) is 0 Å². The molecule has 2 amide bonds. The highest BCUT2D eigenvalue weighted by Gasteiger charge is 2.25. The van der Waals surface area contributed by atoms with Crippen molar-refractivity contribution in [3.05, 3.63) is 53.2 Å². The molecule has 130 valence electrons. The normalized spacial score (nSPS) is 14.4. The van der Waals surface area contributed by atoms with Crippen LogP contribution in [-0.2, 0) is 0 Å². The van der Waals surface area contributed by atoms with Crippen molar-refractivity contribution >= 4 is 23.3 Å². The highest BCUT2D eigenvalue weighted by atomic mass is 16.2. The van der Waals surface area contributed by atoms with Crippen LogP contribution in [0.4, 0.5) is 11.5 Å². The van der Waals surface area contributed by atoms with E-state index in [1.54, 1.807) is 35.4 Å². The summed E-state index contributed by atoms with van der Waals surface area (Å²) in [6.07, 6.45) is 1.63. The number of anilines is 2. The van der Waals surface area contributed by atoms with Crippen molar-refractivity contribution in [2.75, 3.05) is 36.8 Å². The largest absolute Gasteiger partial charge is 0.399 e. The van der Waals surface area contributed by atoms with Crippen molar-refractivity contribution in [2.45, 2.75) is 6.92 Å². The Balaban J connectivity index is 1.73. The molecule has 0 atom stereocenters. The molecule has 1 fully saturated rings. The highest BCUT2D eigenvalue weighted by molar-refractivity contribution is 5.98. The van der Waals surface area contributed by atoms with E-state index in [1.807, 2.05) is 17.9 Å². The van der Waals surface area contributed by atoms with Gasteiger partial charge in [-0.1, -0.05) is 6.07 Å². The molecule has 2 aromatic rings. The van der Waals surface area contributed by atoms with Gasteiger partial charge in [0, 0.05) is 43.6 Å². The zero-order valence-electron chi connectivity index (χ0n) is 14.1. The fourth-order valence-electron chi connectivity index (χ4n) is 3.00. The van der Waals surface area contributed by atoms with Gasteiger partial charge >= 0.3 is 0 Å². The van der Waals surface area contributed by atoms with Gasteiger partial charge in [-0.25, -0.2) is 4.98 Å². The van der Waals surface area contributed by atoms with Crippen LogP contribution in [0.1, 0.15) is 26.3 Å². The molecule has 0 bridgehead atoms. The van der Waals surface area contributed by atoms with Gasteiger partial charge in [-0.15, -0.1) is 0 Å². The van der Waals surface area contributed by atoms with Gasteiger partial charge in [0.05, 0.1) is 5.56 Å². The van der Waals surface area contributed by atoms with Gasteiger partial charge in [0.15, 0.2) is 0 Å². The zero-order chi connectivity index (χ0) is 18.0. The maximum absolute atomic E-state index is 12.8. The van der Waals surface area contributed by atoms with Gasteiger partial charge in [-0.3, -0.25) is 9.59 Å². The molecular formula is C18H21N5O2. The van der Waals surface area contributed by atoms with E-state index in [9.17, 15) is 9.59 Å². The Morgan fingerprint density at radius 1 is 1.08 bits per heavy atom. The van der Waals surface area contributed by atoms with Crippen LogP contribution in [0, 0.1) is 6.92 Å². The van der Waals surface area contributed by atoms with Crippen LogP contribution in [0.5, 0.6) is 0 Å². The average Bonchev–Trinajstić information content (AvgIpc) is 2.63. The molecule has 3 rings (SSSR count). The number of carbonyl (C=O) groups excluding carboxylic acids is 2. The van der Waals surface area contributed by atoms with Crippen LogP contribution < -0.4 is 16.4 Å². The number of nitrogens with two attached hydrogens (primary N) is 2. The van der Waals surface area contributed by atoms with Crippen LogP contribution in [0.2, 0.25) is 0 Å². The Morgan fingerprint density at radius 2 is 1.80 bits per heavy atom. The molecule has 0 aliphatic carbocycles. The number of amides is 2. The number of piperazine rings is 1. The van der Waals surface area contributed by atoms with Gasteiger partial charge in [-0.2, -0.15) is 0 Å². The maximum Gasteiger partial charge on any atom is 0.254 e. The Labute approximate surface area is 146 Å². The summed E-state index contributed by atoms with van der Waals surface area (Å²) in [5.41, 5.74) is 13.7. The molecule has 1 aliphatic heterocycles. The molecule has 1 aliphatic rings. The van der Waals surface area contributed by atoms with E-state index in [2.05, 4.69) is 4.98 Å². The second-order valence-corrected chi connectivity index (χ2v) is 6.09. The predicted octanol–water partition coefficient (Wildman–Crippen LogP) is 1.03. The molecule has 25 heavy (non-hydrogen) atoms. The number of primary amides is 1. The second-order valence-electron chi connectivity index (χ2n) is 6.09. The van der Waals surface area contributed by atoms with Crippen LogP contribution in [0.3, 0.4) is 0 Å². The second kappa shape index (κ2) is 6.80. The minimum Gasteiger partial charge on any atom is -0.399 e. The summed E-state index contributed by atoms with van der Waals surface area (Å²) < 4.78 is 0. The lowest BCUT2D eigenvalue weighted by Crippen LogP contribution is -2.49. The van der Waals surface area contributed by atoms with E-state index in [0.29, 0.717) is 48.8 Å². The summed E-state index contributed by atoms with van der Waals surface area (Å²) in [4.78, 5) is 32.4. The molecule has 1 aromatic carbocycles. The van der Waals surface area contributed by atoms with E-state index < -0.39 is 5.91 Å². The van der Waals surface area contributed by atoms with Crippen molar-refractivity contribution < 1.29 is 9.59 Å². The molecule has 1 saturated heterocycles. The van der Waals surface area contributed by atoms with Crippen molar-refractivity contribution in [1.29, 1.82) is 0 Å². The molecule has 0 radical (unpaired) electrons. The number of hydrogen-bond acceptors (Lipinski definition) is 5. The van der Waals surface area contributed by atoms with Crippen LogP contribution in [0.25, 0.3) is 0 Å². The Hall–Kier alpha value is -3.09. The summed E-state index contributed by atoms with van der Waals surface area (Å²) in [6, 6.07) is 8.71. The van der Waals surface area contributed by atoms with Gasteiger partial charge in [0.25, 0.3) is 11.8 Å². The van der Waals surface area contributed by atoms with E-state index in [1.165, 1.54) is 0 Å². The molecule has 2 heterocycles. The first-order valence-corrected chi connectivity index (χ1v) is 8.12. The first kappa shape index (κ1) is 16.8. The first-order valence-electron chi connectivity index (χ1n) is 8.12. The fourth-order valence-corrected chi connectivity index (χ4v) is 3.00. The topological polar surface area (TPSA) is 106 Å². The zero-order valence-corrected chi connectivity index (χ0v) is 14.1. The van der Waals surface area contributed by atoms with E-state index in [4.69, 9.17) is 11.5 Å². The predicted molar refractivity (Wildman–Crippen MR) is 96.5 cm³/mol. The minimum atomic E-state index is -0.503. The average molecular weight is 339 g/mol. The monoisotopic (exact) mass is 339 g/mol. The number of carbonyl (C=O) groups is 2. The number of benzene rings is 1. The van der Waals surface area contributed by atoms with Gasteiger partial charge in [-0.05, 0) is 36.8 Å². The summed E-state index contributed by atoms with van der Waals surface area (Å²) in [6.45, 7) is 4.16. The highest BCUT2D eigenvalue weighted by Crippen LogP contribution is 2.20. The third-order valence-corrected chi connectivity index (χ3v) is 4.41. The SMILES string of the molecule is Cc1ccc(N)cc1C(=O)N1CCN(c2ncccc2C(N)=O)CC1. The number of rotatable bonds is 3. The van der Waals surface area contributed by atoms with Crippen molar-refractivity contribution in [2.24, 2.45) is 5.73 Å². The fraction of sp³-hybridized carbons (Fsp3) is 0.278. The van der Waals surface area contributed by atoms with E-state index in [-0.39, 0.29) is 5.91 Å². The number of pyridine rings is 1. The van der Waals surface area contributed by atoms with Gasteiger partial charge < -0.3 is 21.3 Å². The number of aryl methyl sites for hydroxylation is 1. The van der Waals surface area contributed by atoms with Crippen molar-refractivity contribution in [3.63, 3.8) is 0 Å². The third kappa shape index (κ3) is 3.40.